The van der Waals surface area contributed by atoms with E-state index in [1.807, 2.05) is 24.3 Å². The predicted molar refractivity (Wildman–Crippen MR) is 88.7 cm³/mol. The van der Waals surface area contributed by atoms with E-state index in [9.17, 15) is 9.90 Å². The third-order valence-corrected chi connectivity index (χ3v) is 4.48. The normalized spacial score (nSPS) is 24.1. The molecule has 2 saturated carbocycles. The molecule has 0 heterocycles. The summed E-state index contributed by atoms with van der Waals surface area (Å²) in [5, 5.41) is 16.1. The van der Waals surface area contributed by atoms with E-state index in [-0.39, 0.29) is 25.2 Å². The number of hydrogen-bond donors (Lipinski definition) is 3. The maximum absolute atomic E-state index is 11.8. The number of aliphatic hydroxyl groups is 1. The third-order valence-electron chi connectivity index (χ3n) is 4.24. The van der Waals surface area contributed by atoms with Gasteiger partial charge in [0.1, 0.15) is 0 Å². The van der Waals surface area contributed by atoms with Crippen LogP contribution < -0.4 is 10.6 Å². The standard InChI is InChI=1S/C17H23ClN2O3/c18-13-3-1-2-12(6-13)15-7-16(15)20-17(22)19-8-14(21)10-23-9-11-4-5-11/h1-3,6,11,14-16,21H,4-5,7-10H2,(H2,19,20,22)/t14-,15-,16+/m0/s1. The molecule has 23 heavy (non-hydrogen) atoms. The largest absolute Gasteiger partial charge is 0.389 e. The van der Waals surface area contributed by atoms with Crippen LogP contribution in [0.25, 0.3) is 0 Å². The zero-order valence-electron chi connectivity index (χ0n) is 13.0. The molecule has 1 aromatic rings. The number of nitrogens with one attached hydrogen (secondary N) is 2. The van der Waals surface area contributed by atoms with Crippen LogP contribution in [-0.2, 0) is 4.74 Å². The van der Waals surface area contributed by atoms with Crippen LogP contribution in [0.5, 0.6) is 0 Å². The molecular formula is C17H23ClN2O3. The molecular weight excluding hydrogens is 316 g/mol. The Hall–Kier alpha value is -1.30. The minimum absolute atomic E-state index is 0.136. The Kier molecular flexibility index (Phi) is 5.41. The fourth-order valence-electron chi connectivity index (χ4n) is 2.60. The van der Waals surface area contributed by atoms with Gasteiger partial charge in [0.15, 0.2) is 0 Å². The number of ether oxygens (including phenoxy) is 1. The van der Waals surface area contributed by atoms with Gasteiger partial charge in [-0.3, -0.25) is 0 Å². The van der Waals surface area contributed by atoms with Crippen LogP contribution in [0.3, 0.4) is 0 Å². The van der Waals surface area contributed by atoms with Crippen molar-refractivity contribution in [2.45, 2.75) is 37.3 Å². The van der Waals surface area contributed by atoms with Crippen molar-refractivity contribution in [2.75, 3.05) is 19.8 Å². The molecule has 1 aromatic carbocycles. The van der Waals surface area contributed by atoms with Gasteiger partial charge in [0.05, 0.1) is 12.7 Å². The monoisotopic (exact) mass is 338 g/mol. The summed E-state index contributed by atoms with van der Waals surface area (Å²) in [6.07, 6.45) is 2.71. The molecule has 0 radical (unpaired) electrons. The van der Waals surface area contributed by atoms with Crippen LogP contribution in [0, 0.1) is 5.92 Å². The van der Waals surface area contributed by atoms with Crippen molar-refractivity contribution in [3.63, 3.8) is 0 Å². The van der Waals surface area contributed by atoms with Gasteiger partial charge in [-0.05, 0) is 42.9 Å². The van der Waals surface area contributed by atoms with Gasteiger partial charge in [0.25, 0.3) is 0 Å². The zero-order chi connectivity index (χ0) is 16.2. The highest BCUT2D eigenvalue weighted by molar-refractivity contribution is 6.30. The highest BCUT2D eigenvalue weighted by atomic mass is 35.5. The van der Waals surface area contributed by atoms with Gasteiger partial charge in [-0.15, -0.1) is 0 Å². The molecule has 0 spiro atoms. The van der Waals surface area contributed by atoms with Gasteiger partial charge in [-0.2, -0.15) is 0 Å². The predicted octanol–water partition coefficient (Wildman–Crippen LogP) is 2.28. The number of aliphatic hydroxyl groups excluding tert-OH is 1. The lowest BCUT2D eigenvalue weighted by molar-refractivity contribution is 0.0337. The Labute approximate surface area is 141 Å². The smallest absolute Gasteiger partial charge is 0.315 e. The minimum Gasteiger partial charge on any atom is -0.389 e. The summed E-state index contributed by atoms with van der Waals surface area (Å²) in [5.74, 6) is 1.00. The van der Waals surface area contributed by atoms with Crippen LogP contribution >= 0.6 is 11.6 Å². The third kappa shape index (κ3) is 5.37. The molecule has 3 N–H and O–H groups in total. The van der Waals surface area contributed by atoms with E-state index < -0.39 is 6.10 Å². The quantitative estimate of drug-likeness (QED) is 0.681. The second-order valence-electron chi connectivity index (χ2n) is 6.49. The summed E-state index contributed by atoms with van der Waals surface area (Å²) in [6.45, 7) is 1.18. The molecule has 3 atom stereocenters. The molecule has 0 saturated heterocycles. The van der Waals surface area contributed by atoms with Crippen molar-refractivity contribution < 1.29 is 14.6 Å². The van der Waals surface area contributed by atoms with Crippen LogP contribution in [-0.4, -0.2) is 43.0 Å². The van der Waals surface area contributed by atoms with Crippen LogP contribution in [0.1, 0.15) is 30.7 Å². The maximum Gasteiger partial charge on any atom is 0.315 e. The number of carbonyl (C=O) groups is 1. The number of hydrogen-bond acceptors (Lipinski definition) is 3. The van der Waals surface area contributed by atoms with Crippen LogP contribution in [0.4, 0.5) is 4.79 Å². The van der Waals surface area contributed by atoms with Gasteiger partial charge in [0.2, 0.25) is 0 Å². The molecule has 5 nitrogen and oxygen atoms in total. The summed E-state index contributed by atoms with van der Waals surface area (Å²) < 4.78 is 5.40. The lowest BCUT2D eigenvalue weighted by atomic mass is 10.1. The van der Waals surface area contributed by atoms with E-state index in [0.717, 1.165) is 12.0 Å². The second kappa shape index (κ2) is 7.51. The average molecular weight is 339 g/mol. The Morgan fingerprint density at radius 2 is 2.26 bits per heavy atom. The van der Waals surface area contributed by atoms with Crippen molar-refractivity contribution in [1.82, 2.24) is 10.6 Å². The Morgan fingerprint density at radius 1 is 1.43 bits per heavy atom. The first-order valence-electron chi connectivity index (χ1n) is 8.17. The first kappa shape index (κ1) is 16.6. The fraction of sp³-hybridized carbons (Fsp3) is 0.588. The van der Waals surface area contributed by atoms with Gasteiger partial charge in [0, 0.05) is 30.1 Å². The van der Waals surface area contributed by atoms with Gasteiger partial charge in [-0.1, -0.05) is 23.7 Å². The Balaban J connectivity index is 1.30. The van der Waals surface area contributed by atoms with E-state index in [4.69, 9.17) is 16.3 Å². The van der Waals surface area contributed by atoms with Crippen molar-refractivity contribution >= 4 is 17.6 Å². The first-order valence-corrected chi connectivity index (χ1v) is 8.55. The molecule has 2 aliphatic carbocycles. The lowest BCUT2D eigenvalue weighted by Crippen LogP contribution is -2.42. The van der Waals surface area contributed by atoms with Gasteiger partial charge < -0.3 is 20.5 Å². The number of amides is 2. The summed E-state index contributed by atoms with van der Waals surface area (Å²) in [5.41, 5.74) is 1.15. The maximum atomic E-state index is 11.8. The SMILES string of the molecule is O=C(NC[C@H](O)COCC1CC1)N[C@@H]1C[C@H]1c1cccc(Cl)c1. The number of rotatable bonds is 8. The number of urea groups is 1. The van der Waals surface area contributed by atoms with Gasteiger partial charge in [-0.25, -0.2) is 4.79 Å². The number of carbonyl (C=O) groups excluding carboxylic acids is 1. The average Bonchev–Trinajstić information content (AvgIpc) is 3.41. The van der Waals surface area contributed by atoms with Crippen LogP contribution in [0.2, 0.25) is 5.02 Å². The lowest BCUT2D eigenvalue weighted by Gasteiger charge is -2.13. The highest BCUT2D eigenvalue weighted by Gasteiger charge is 2.39. The van der Waals surface area contributed by atoms with E-state index in [1.54, 1.807) is 0 Å². The van der Waals surface area contributed by atoms with Crippen molar-refractivity contribution in [3.8, 4) is 0 Å². The number of halogens is 1. The Bertz CT molecular complexity index is 550. The van der Waals surface area contributed by atoms with Crippen LogP contribution in [0.15, 0.2) is 24.3 Å². The summed E-state index contributed by atoms with van der Waals surface area (Å²) >= 11 is 5.98. The molecule has 3 rings (SSSR count). The molecule has 2 amide bonds. The van der Waals surface area contributed by atoms with E-state index >= 15 is 0 Å². The molecule has 2 fully saturated rings. The summed E-state index contributed by atoms with van der Waals surface area (Å²) in [7, 11) is 0. The topological polar surface area (TPSA) is 70.6 Å². The minimum atomic E-state index is -0.664. The highest BCUT2D eigenvalue weighted by Crippen LogP contribution is 2.41. The molecule has 0 aliphatic heterocycles. The zero-order valence-corrected chi connectivity index (χ0v) is 13.8. The second-order valence-corrected chi connectivity index (χ2v) is 6.93. The molecule has 6 heteroatoms. The van der Waals surface area contributed by atoms with Crippen molar-refractivity contribution in [1.29, 1.82) is 0 Å². The molecule has 0 aromatic heterocycles. The van der Waals surface area contributed by atoms with Crippen molar-refractivity contribution in [3.05, 3.63) is 34.9 Å². The summed E-state index contributed by atoms with van der Waals surface area (Å²) in [4.78, 5) is 11.8. The Morgan fingerprint density at radius 3 is 3.00 bits per heavy atom. The molecule has 126 valence electrons. The summed E-state index contributed by atoms with van der Waals surface area (Å²) in [6, 6.07) is 7.61. The van der Waals surface area contributed by atoms with Gasteiger partial charge >= 0.3 is 6.03 Å². The van der Waals surface area contributed by atoms with E-state index in [2.05, 4.69) is 10.6 Å². The molecule has 0 unspecified atom stereocenters. The van der Waals surface area contributed by atoms with Crippen molar-refractivity contribution in [2.24, 2.45) is 5.92 Å². The first-order chi connectivity index (χ1) is 11.1. The number of benzene rings is 1. The molecule has 0 bridgehead atoms. The molecule has 2 aliphatic rings. The fourth-order valence-corrected chi connectivity index (χ4v) is 2.80. The van der Waals surface area contributed by atoms with E-state index in [1.165, 1.54) is 12.8 Å². The van der Waals surface area contributed by atoms with E-state index in [0.29, 0.717) is 23.5 Å².